The molecule has 0 heterocycles. The molecule has 2 atom stereocenters. The van der Waals surface area contributed by atoms with Crippen molar-refractivity contribution in [2.75, 3.05) is 0 Å². The van der Waals surface area contributed by atoms with E-state index in [9.17, 15) is 22.4 Å². The topological polar surface area (TPSA) is 29.1 Å². The number of hydrogen-bond donors (Lipinski definition) is 1. The zero-order valence-electron chi connectivity index (χ0n) is 10.7. The monoisotopic (exact) mass is 289 g/mol. The van der Waals surface area contributed by atoms with Crippen molar-refractivity contribution in [3.8, 4) is 0 Å². The van der Waals surface area contributed by atoms with Crippen LogP contribution in [0.1, 0.15) is 36.0 Å². The van der Waals surface area contributed by atoms with Gasteiger partial charge in [0.25, 0.3) is 5.91 Å². The van der Waals surface area contributed by atoms with E-state index in [0.29, 0.717) is 12.8 Å². The van der Waals surface area contributed by atoms with Gasteiger partial charge in [0.1, 0.15) is 5.82 Å². The van der Waals surface area contributed by atoms with Gasteiger partial charge in [-0.15, -0.1) is 0 Å². The third-order valence-corrected chi connectivity index (χ3v) is 3.62. The fourth-order valence-corrected chi connectivity index (χ4v) is 2.59. The van der Waals surface area contributed by atoms with E-state index in [1.165, 1.54) is 18.2 Å². The zero-order valence-corrected chi connectivity index (χ0v) is 10.7. The largest absolute Gasteiger partial charge is 0.393 e. The first kappa shape index (κ1) is 14.8. The van der Waals surface area contributed by atoms with Gasteiger partial charge in [0.15, 0.2) is 0 Å². The Hall–Kier alpha value is -1.59. The molecule has 6 heteroatoms. The molecule has 0 radical (unpaired) electrons. The third kappa shape index (κ3) is 3.29. The van der Waals surface area contributed by atoms with E-state index in [1.807, 2.05) is 0 Å². The Labute approximate surface area is 114 Å². The van der Waals surface area contributed by atoms with E-state index in [-0.39, 0.29) is 18.4 Å². The van der Waals surface area contributed by atoms with Crippen LogP contribution in [0.15, 0.2) is 24.3 Å². The predicted octanol–water partition coefficient (Wildman–Crippen LogP) is 3.68. The summed E-state index contributed by atoms with van der Waals surface area (Å²) >= 11 is 0. The molecule has 0 saturated heterocycles. The van der Waals surface area contributed by atoms with Gasteiger partial charge in [0.2, 0.25) is 0 Å². The number of rotatable bonds is 2. The number of halogens is 4. The highest BCUT2D eigenvalue weighted by Crippen LogP contribution is 2.37. The standard InChI is InChI=1S/C14H15F4NO/c15-11-7-3-1-5-9(11)13(20)19-12-8-4-2-6-10(12)14(16,17)18/h1,3,5,7,10,12H,2,4,6,8H2,(H,19,20)/t10-,12-/m0/s1. The second-order valence-corrected chi connectivity index (χ2v) is 4.99. The number of nitrogens with one attached hydrogen (secondary N) is 1. The van der Waals surface area contributed by atoms with Gasteiger partial charge in [-0.3, -0.25) is 4.79 Å². The Bertz CT molecular complexity index is 486. The lowest BCUT2D eigenvalue weighted by Gasteiger charge is -2.33. The van der Waals surface area contributed by atoms with Crippen LogP contribution in [0.5, 0.6) is 0 Å². The first-order chi connectivity index (χ1) is 9.39. The summed E-state index contributed by atoms with van der Waals surface area (Å²) in [5, 5.41) is 2.33. The molecule has 2 nitrogen and oxygen atoms in total. The second kappa shape index (κ2) is 5.81. The Morgan fingerprint density at radius 3 is 2.45 bits per heavy atom. The Morgan fingerprint density at radius 1 is 1.15 bits per heavy atom. The van der Waals surface area contributed by atoms with Gasteiger partial charge < -0.3 is 5.32 Å². The molecule has 20 heavy (non-hydrogen) atoms. The van der Waals surface area contributed by atoms with Crippen LogP contribution >= 0.6 is 0 Å². The van der Waals surface area contributed by atoms with Gasteiger partial charge in [0.05, 0.1) is 11.5 Å². The minimum atomic E-state index is -4.34. The van der Waals surface area contributed by atoms with Crippen molar-refractivity contribution in [3.63, 3.8) is 0 Å². The lowest BCUT2D eigenvalue weighted by atomic mass is 9.84. The van der Waals surface area contributed by atoms with Crippen LogP contribution in [-0.4, -0.2) is 18.1 Å². The number of carbonyl (C=O) groups excluding carboxylic acids is 1. The lowest BCUT2D eigenvalue weighted by molar-refractivity contribution is -0.187. The molecule has 2 rings (SSSR count). The summed E-state index contributed by atoms with van der Waals surface area (Å²) in [5.41, 5.74) is -0.223. The SMILES string of the molecule is O=C(N[C@H]1CCCC[C@@H]1C(F)(F)F)c1ccccc1F. The minimum absolute atomic E-state index is 0.00567. The van der Waals surface area contributed by atoms with Gasteiger partial charge in [-0.05, 0) is 25.0 Å². The maximum absolute atomic E-state index is 13.4. The van der Waals surface area contributed by atoms with Gasteiger partial charge in [-0.2, -0.15) is 13.2 Å². The highest BCUT2D eigenvalue weighted by atomic mass is 19.4. The average molecular weight is 289 g/mol. The molecule has 0 aromatic heterocycles. The van der Waals surface area contributed by atoms with Crippen molar-refractivity contribution in [2.24, 2.45) is 5.92 Å². The summed E-state index contributed by atoms with van der Waals surface area (Å²) in [7, 11) is 0. The predicted molar refractivity (Wildman–Crippen MR) is 65.7 cm³/mol. The van der Waals surface area contributed by atoms with Crippen LogP contribution in [0.2, 0.25) is 0 Å². The molecule has 0 aliphatic heterocycles. The smallest absolute Gasteiger partial charge is 0.349 e. The summed E-state index contributed by atoms with van der Waals surface area (Å²) in [6.07, 6.45) is -2.94. The van der Waals surface area contributed by atoms with Crippen LogP contribution < -0.4 is 5.32 Å². The molecule has 1 fully saturated rings. The maximum Gasteiger partial charge on any atom is 0.393 e. The maximum atomic E-state index is 13.4. The number of carbonyl (C=O) groups is 1. The van der Waals surface area contributed by atoms with E-state index in [2.05, 4.69) is 5.32 Å². The van der Waals surface area contributed by atoms with Crippen molar-refractivity contribution in [3.05, 3.63) is 35.6 Å². The number of hydrogen-bond acceptors (Lipinski definition) is 1. The summed E-state index contributed by atoms with van der Waals surface area (Å²) in [6.45, 7) is 0. The fourth-order valence-electron chi connectivity index (χ4n) is 2.59. The van der Waals surface area contributed by atoms with Crippen molar-refractivity contribution in [2.45, 2.75) is 37.9 Å². The van der Waals surface area contributed by atoms with Crippen molar-refractivity contribution in [1.82, 2.24) is 5.32 Å². The number of amides is 1. The molecule has 0 spiro atoms. The molecule has 1 aliphatic rings. The minimum Gasteiger partial charge on any atom is -0.349 e. The molecule has 1 saturated carbocycles. The van der Waals surface area contributed by atoms with Crippen LogP contribution in [0.4, 0.5) is 17.6 Å². The summed E-state index contributed by atoms with van der Waals surface area (Å²) in [4.78, 5) is 11.9. The Kier molecular flexibility index (Phi) is 4.30. The number of benzene rings is 1. The van der Waals surface area contributed by atoms with E-state index in [0.717, 1.165) is 6.07 Å². The van der Waals surface area contributed by atoms with Gasteiger partial charge in [0, 0.05) is 6.04 Å². The summed E-state index contributed by atoms with van der Waals surface area (Å²) in [5.74, 6) is -3.07. The number of alkyl halides is 3. The molecule has 1 amide bonds. The highest BCUT2D eigenvalue weighted by molar-refractivity contribution is 5.94. The van der Waals surface area contributed by atoms with Gasteiger partial charge in [-0.25, -0.2) is 4.39 Å². The fraction of sp³-hybridized carbons (Fsp3) is 0.500. The lowest BCUT2D eigenvalue weighted by Crippen LogP contribution is -2.47. The molecule has 1 aromatic carbocycles. The molecule has 110 valence electrons. The molecule has 0 bridgehead atoms. The summed E-state index contributed by atoms with van der Waals surface area (Å²) in [6, 6.07) is 4.29. The Balaban J connectivity index is 2.11. The first-order valence-corrected chi connectivity index (χ1v) is 6.51. The second-order valence-electron chi connectivity index (χ2n) is 4.99. The van der Waals surface area contributed by atoms with Crippen LogP contribution in [0.3, 0.4) is 0 Å². The van der Waals surface area contributed by atoms with Crippen molar-refractivity contribution in [1.29, 1.82) is 0 Å². The quantitative estimate of drug-likeness (QED) is 0.827. The highest BCUT2D eigenvalue weighted by Gasteiger charge is 2.46. The molecular weight excluding hydrogens is 274 g/mol. The van der Waals surface area contributed by atoms with E-state index in [4.69, 9.17) is 0 Å². The summed E-state index contributed by atoms with van der Waals surface area (Å²) < 4.78 is 52.1. The Morgan fingerprint density at radius 2 is 1.80 bits per heavy atom. The van der Waals surface area contributed by atoms with E-state index < -0.39 is 29.9 Å². The molecular formula is C14H15F4NO. The van der Waals surface area contributed by atoms with Crippen molar-refractivity contribution < 1.29 is 22.4 Å². The molecule has 1 aromatic rings. The normalized spacial score (nSPS) is 23.4. The molecule has 1 aliphatic carbocycles. The van der Waals surface area contributed by atoms with Crippen molar-refractivity contribution >= 4 is 5.91 Å². The van der Waals surface area contributed by atoms with Crippen LogP contribution in [0, 0.1) is 11.7 Å². The van der Waals surface area contributed by atoms with Crippen LogP contribution in [0.25, 0.3) is 0 Å². The van der Waals surface area contributed by atoms with Gasteiger partial charge in [-0.1, -0.05) is 25.0 Å². The molecule has 1 N–H and O–H groups in total. The van der Waals surface area contributed by atoms with Crippen LogP contribution in [-0.2, 0) is 0 Å². The third-order valence-electron chi connectivity index (χ3n) is 3.62. The zero-order chi connectivity index (χ0) is 14.8. The van der Waals surface area contributed by atoms with Gasteiger partial charge >= 0.3 is 6.18 Å². The molecule has 0 unspecified atom stereocenters. The van der Waals surface area contributed by atoms with E-state index in [1.54, 1.807) is 0 Å². The first-order valence-electron chi connectivity index (χ1n) is 6.51. The average Bonchev–Trinajstić information content (AvgIpc) is 2.38. The van der Waals surface area contributed by atoms with E-state index >= 15 is 0 Å².